The molecule has 1 aromatic carbocycles. The summed E-state index contributed by atoms with van der Waals surface area (Å²) >= 11 is 0. The monoisotopic (exact) mass is 262 g/mol. The van der Waals surface area contributed by atoms with Crippen molar-refractivity contribution in [1.82, 2.24) is 10.2 Å². The normalized spacial score (nSPS) is 22.5. The van der Waals surface area contributed by atoms with E-state index in [4.69, 9.17) is 0 Å². The number of amides is 1. The summed E-state index contributed by atoms with van der Waals surface area (Å²) in [6, 6.07) is 6.82. The lowest BCUT2D eigenvalue weighted by atomic mass is 10.1. The van der Waals surface area contributed by atoms with Gasteiger partial charge < -0.3 is 10.2 Å². The number of benzene rings is 1. The molecule has 0 bridgehead atoms. The molecule has 19 heavy (non-hydrogen) atoms. The van der Waals surface area contributed by atoms with Crippen LogP contribution in [0.2, 0.25) is 0 Å². The highest BCUT2D eigenvalue weighted by molar-refractivity contribution is 5.82. The van der Waals surface area contributed by atoms with Gasteiger partial charge in [-0.3, -0.25) is 4.79 Å². The van der Waals surface area contributed by atoms with Crippen molar-refractivity contribution in [2.75, 3.05) is 6.54 Å². The number of rotatable bonds is 4. The average Bonchev–Trinajstić information content (AvgIpc) is 3.11. The Kier molecular flexibility index (Phi) is 3.51. The van der Waals surface area contributed by atoms with Crippen LogP contribution in [0.5, 0.6) is 0 Å². The van der Waals surface area contributed by atoms with Gasteiger partial charge in [-0.25, -0.2) is 4.39 Å². The molecule has 1 saturated heterocycles. The third-order valence-electron chi connectivity index (χ3n) is 3.90. The van der Waals surface area contributed by atoms with Crippen LogP contribution in [0.4, 0.5) is 4.39 Å². The van der Waals surface area contributed by atoms with E-state index in [0.717, 1.165) is 37.8 Å². The molecule has 1 atom stereocenters. The molecular weight excluding hydrogens is 243 g/mol. The predicted molar refractivity (Wildman–Crippen MR) is 71.0 cm³/mol. The summed E-state index contributed by atoms with van der Waals surface area (Å²) in [4.78, 5) is 14.5. The topological polar surface area (TPSA) is 32.3 Å². The van der Waals surface area contributed by atoms with Crippen LogP contribution in [-0.2, 0) is 11.3 Å². The van der Waals surface area contributed by atoms with E-state index < -0.39 is 0 Å². The quantitative estimate of drug-likeness (QED) is 0.901. The SMILES string of the molecule is O=C([C@H]1CCCN1)N(Cc1ccc(F)cc1)C1CC1. The van der Waals surface area contributed by atoms with E-state index >= 15 is 0 Å². The smallest absolute Gasteiger partial charge is 0.240 e. The van der Waals surface area contributed by atoms with Crippen molar-refractivity contribution in [1.29, 1.82) is 0 Å². The van der Waals surface area contributed by atoms with E-state index in [1.165, 1.54) is 12.1 Å². The first-order valence-corrected chi connectivity index (χ1v) is 7.02. The van der Waals surface area contributed by atoms with Gasteiger partial charge in [-0.1, -0.05) is 12.1 Å². The first-order chi connectivity index (χ1) is 9.24. The van der Waals surface area contributed by atoms with Gasteiger partial charge in [0.2, 0.25) is 5.91 Å². The van der Waals surface area contributed by atoms with E-state index in [2.05, 4.69) is 5.32 Å². The lowest BCUT2D eigenvalue weighted by molar-refractivity contribution is -0.134. The van der Waals surface area contributed by atoms with Crippen molar-refractivity contribution in [2.45, 2.75) is 44.3 Å². The minimum Gasteiger partial charge on any atom is -0.334 e. The van der Waals surface area contributed by atoms with Crippen LogP contribution >= 0.6 is 0 Å². The van der Waals surface area contributed by atoms with Gasteiger partial charge in [0, 0.05) is 12.6 Å². The van der Waals surface area contributed by atoms with E-state index in [0.29, 0.717) is 12.6 Å². The molecule has 0 aromatic heterocycles. The van der Waals surface area contributed by atoms with Gasteiger partial charge in [-0.2, -0.15) is 0 Å². The maximum atomic E-state index is 12.9. The highest BCUT2D eigenvalue weighted by Gasteiger charge is 2.36. The van der Waals surface area contributed by atoms with Gasteiger partial charge in [-0.15, -0.1) is 0 Å². The van der Waals surface area contributed by atoms with Gasteiger partial charge >= 0.3 is 0 Å². The molecule has 1 aliphatic heterocycles. The van der Waals surface area contributed by atoms with Crippen molar-refractivity contribution in [3.05, 3.63) is 35.6 Å². The van der Waals surface area contributed by atoms with Crippen molar-refractivity contribution in [2.24, 2.45) is 0 Å². The van der Waals surface area contributed by atoms with Crippen LogP contribution in [0.15, 0.2) is 24.3 Å². The Bertz CT molecular complexity index is 450. The Balaban J connectivity index is 1.70. The second-order valence-electron chi connectivity index (χ2n) is 5.47. The molecule has 1 N–H and O–H groups in total. The molecule has 3 nitrogen and oxygen atoms in total. The van der Waals surface area contributed by atoms with Gasteiger partial charge in [0.05, 0.1) is 6.04 Å². The standard InChI is InChI=1S/C15H19FN2O/c16-12-5-3-11(4-6-12)10-18(13-7-8-13)15(19)14-2-1-9-17-14/h3-6,13-14,17H,1-2,7-10H2/t14-/m1/s1. The number of hydrogen-bond acceptors (Lipinski definition) is 2. The fourth-order valence-corrected chi connectivity index (χ4v) is 2.66. The highest BCUT2D eigenvalue weighted by Crippen LogP contribution is 2.29. The molecule has 4 heteroatoms. The second kappa shape index (κ2) is 5.29. The fourth-order valence-electron chi connectivity index (χ4n) is 2.66. The van der Waals surface area contributed by atoms with Crippen LogP contribution in [-0.4, -0.2) is 29.4 Å². The number of carbonyl (C=O) groups is 1. The fraction of sp³-hybridized carbons (Fsp3) is 0.533. The molecule has 2 aliphatic rings. The van der Waals surface area contributed by atoms with Crippen molar-refractivity contribution in [3.63, 3.8) is 0 Å². The van der Waals surface area contributed by atoms with Crippen LogP contribution in [0.25, 0.3) is 0 Å². The first kappa shape index (κ1) is 12.6. The van der Waals surface area contributed by atoms with Gasteiger partial charge in [-0.05, 0) is 49.9 Å². The molecule has 0 radical (unpaired) electrons. The summed E-state index contributed by atoms with van der Waals surface area (Å²) in [5, 5.41) is 3.26. The van der Waals surface area contributed by atoms with E-state index in [-0.39, 0.29) is 17.8 Å². The van der Waals surface area contributed by atoms with Crippen molar-refractivity contribution < 1.29 is 9.18 Å². The van der Waals surface area contributed by atoms with Crippen molar-refractivity contribution >= 4 is 5.91 Å². The van der Waals surface area contributed by atoms with Gasteiger partial charge in [0.1, 0.15) is 5.82 Å². The molecule has 0 unspecified atom stereocenters. The summed E-state index contributed by atoms with van der Waals surface area (Å²) in [6.07, 6.45) is 4.20. The molecule has 1 aromatic rings. The number of nitrogens with one attached hydrogen (secondary N) is 1. The molecule has 1 heterocycles. The number of carbonyl (C=O) groups excluding carboxylic acids is 1. The lowest BCUT2D eigenvalue weighted by Gasteiger charge is -2.25. The zero-order chi connectivity index (χ0) is 13.2. The number of nitrogens with zero attached hydrogens (tertiary/aromatic N) is 1. The molecule has 1 aliphatic carbocycles. The minimum atomic E-state index is -0.231. The molecule has 2 fully saturated rings. The number of halogens is 1. The molecule has 1 amide bonds. The summed E-state index contributed by atoms with van der Waals surface area (Å²) in [6.45, 7) is 1.54. The van der Waals surface area contributed by atoms with Gasteiger partial charge in [0.25, 0.3) is 0 Å². The van der Waals surface area contributed by atoms with Crippen LogP contribution in [0.1, 0.15) is 31.2 Å². The summed E-state index contributed by atoms with van der Waals surface area (Å²) in [5.41, 5.74) is 1.000. The van der Waals surface area contributed by atoms with E-state index in [9.17, 15) is 9.18 Å². The third-order valence-corrected chi connectivity index (χ3v) is 3.90. The molecule has 0 spiro atoms. The highest BCUT2D eigenvalue weighted by atomic mass is 19.1. The lowest BCUT2D eigenvalue weighted by Crippen LogP contribution is -2.44. The summed E-state index contributed by atoms with van der Waals surface area (Å²) < 4.78 is 12.9. The molecule has 3 rings (SSSR count). The summed E-state index contributed by atoms with van der Waals surface area (Å²) in [7, 11) is 0. The molecule has 102 valence electrons. The third kappa shape index (κ3) is 2.95. The zero-order valence-corrected chi connectivity index (χ0v) is 10.9. The zero-order valence-electron chi connectivity index (χ0n) is 10.9. The van der Waals surface area contributed by atoms with Crippen LogP contribution < -0.4 is 5.32 Å². The Morgan fingerprint density at radius 3 is 2.58 bits per heavy atom. The van der Waals surface area contributed by atoms with Crippen LogP contribution in [0, 0.1) is 5.82 Å². The Morgan fingerprint density at radius 1 is 1.26 bits per heavy atom. The Morgan fingerprint density at radius 2 is 2.00 bits per heavy atom. The first-order valence-electron chi connectivity index (χ1n) is 7.02. The predicted octanol–water partition coefficient (Wildman–Crippen LogP) is 2.07. The Hall–Kier alpha value is -1.42. The maximum Gasteiger partial charge on any atom is 0.240 e. The van der Waals surface area contributed by atoms with Gasteiger partial charge in [0.15, 0.2) is 0 Å². The van der Waals surface area contributed by atoms with Crippen molar-refractivity contribution in [3.8, 4) is 0 Å². The van der Waals surface area contributed by atoms with E-state index in [1.54, 1.807) is 12.1 Å². The van der Waals surface area contributed by atoms with Crippen LogP contribution in [0.3, 0.4) is 0 Å². The molecule has 1 saturated carbocycles. The summed E-state index contributed by atoms with van der Waals surface area (Å²) in [5.74, 6) is -0.0187. The number of hydrogen-bond donors (Lipinski definition) is 1. The largest absolute Gasteiger partial charge is 0.334 e. The minimum absolute atomic E-state index is 0.0129. The molecular formula is C15H19FN2O. The maximum absolute atomic E-state index is 12.9. The van der Waals surface area contributed by atoms with E-state index in [1.807, 2.05) is 4.90 Å². The second-order valence-corrected chi connectivity index (χ2v) is 5.47. The average molecular weight is 262 g/mol. The Labute approximate surface area is 112 Å².